The van der Waals surface area contributed by atoms with Gasteiger partial charge >= 0.3 is 0 Å². The third kappa shape index (κ3) is 2.85. The molecule has 2 aromatic heterocycles. The number of imidazole rings is 1. The van der Waals surface area contributed by atoms with Gasteiger partial charge in [0.1, 0.15) is 11.0 Å². The molecule has 3 rings (SSSR count). The lowest BCUT2D eigenvalue weighted by Gasteiger charge is -2.23. The van der Waals surface area contributed by atoms with E-state index in [4.69, 9.17) is 17.3 Å². The Kier molecular flexibility index (Phi) is 3.55. The lowest BCUT2D eigenvalue weighted by molar-refractivity contribution is 0.0725. The van der Waals surface area contributed by atoms with Crippen molar-refractivity contribution in [1.29, 1.82) is 0 Å². The summed E-state index contributed by atoms with van der Waals surface area (Å²) in [4.78, 5) is 22.7. The summed E-state index contributed by atoms with van der Waals surface area (Å²) in [5.41, 5.74) is 6.60. The van der Waals surface area contributed by atoms with Gasteiger partial charge in [0.2, 0.25) is 0 Å². The molecular formula is C14H16ClN5O. The van der Waals surface area contributed by atoms with Gasteiger partial charge in [-0.3, -0.25) is 4.79 Å². The Balaban J connectivity index is 1.88. The summed E-state index contributed by atoms with van der Waals surface area (Å²) in [6, 6.07) is 1.77. The number of carbonyl (C=O) groups excluding carboxylic acids is 1. The van der Waals surface area contributed by atoms with Crippen molar-refractivity contribution in [2.24, 2.45) is 7.05 Å². The number of pyridine rings is 1. The first-order valence-corrected chi connectivity index (χ1v) is 7.12. The van der Waals surface area contributed by atoms with Crippen LogP contribution in [0.1, 0.15) is 29.0 Å². The van der Waals surface area contributed by atoms with Crippen molar-refractivity contribution in [2.45, 2.75) is 25.4 Å². The number of rotatable bonds is 4. The Hall–Kier alpha value is -2.08. The maximum absolute atomic E-state index is 12.8. The van der Waals surface area contributed by atoms with Gasteiger partial charge in [-0.2, -0.15) is 0 Å². The van der Waals surface area contributed by atoms with Crippen LogP contribution < -0.4 is 5.73 Å². The topological polar surface area (TPSA) is 77.0 Å². The highest BCUT2D eigenvalue weighted by Crippen LogP contribution is 2.30. The fraction of sp³-hybridized carbons (Fsp3) is 0.357. The van der Waals surface area contributed by atoms with E-state index in [9.17, 15) is 4.79 Å². The first-order valence-electron chi connectivity index (χ1n) is 6.74. The van der Waals surface area contributed by atoms with Crippen molar-refractivity contribution in [3.63, 3.8) is 0 Å². The minimum absolute atomic E-state index is 0.123. The third-order valence-electron chi connectivity index (χ3n) is 3.61. The summed E-state index contributed by atoms with van der Waals surface area (Å²) < 4.78 is 1.91. The van der Waals surface area contributed by atoms with Gasteiger partial charge in [0.15, 0.2) is 0 Å². The number of aryl methyl sites for hydroxylation is 1. The van der Waals surface area contributed by atoms with Crippen LogP contribution in [0.5, 0.6) is 0 Å². The molecule has 1 amide bonds. The first-order chi connectivity index (χ1) is 10.1. The maximum Gasteiger partial charge on any atom is 0.256 e. The summed E-state index contributed by atoms with van der Waals surface area (Å²) in [5, 5.41) is 0.264. The predicted molar refractivity (Wildman–Crippen MR) is 79.8 cm³/mol. The van der Waals surface area contributed by atoms with E-state index < -0.39 is 0 Å². The van der Waals surface area contributed by atoms with Crippen LogP contribution in [0.3, 0.4) is 0 Å². The number of aromatic nitrogens is 3. The summed E-state index contributed by atoms with van der Waals surface area (Å²) in [7, 11) is 1.91. The number of halogens is 1. The summed E-state index contributed by atoms with van der Waals surface area (Å²) >= 11 is 5.87. The Morgan fingerprint density at radius 1 is 1.52 bits per heavy atom. The molecule has 2 aromatic rings. The van der Waals surface area contributed by atoms with Gasteiger partial charge in [0.25, 0.3) is 5.91 Å². The van der Waals surface area contributed by atoms with Crippen LogP contribution >= 0.6 is 11.6 Å². The zero-order chi connectivity index (χ0) is 15.0. The van der Waals surface area contributed by atoms with E-state index in [0.29, 0.717) is 17.8 Å². The van der Waals surface area contributed by atoms with Gasteiger partial charge in [-0.1, -0.05) is 11.6 Å². The van der Waals surface area contributed by atoms with Gasteiger partial charge in [-0.05, 0) is 18.9 Å². The standard InChI is InChI=1S/C14H16ClN5O/c1-19-5-4-17-13(19)8-20(9-2-3-9)14(21)10-6-12(15)18-7-11(10)16/h4-7,9H,2-3,8,16H2,1H3. The zero-order valence-electron chi connectivity index (χ0n) is 11.7. The van der Waals surface area contributed by atoms with Crippen LogP contribution in [-0.4, -0.2) is 31.4 Å². The molecule has 0 radical (unpaired) electrons. The summed E-state index contributed by atoms with van der Waals surface area (Å²) in [6.45, 7) is 0.465. The molecule has 1 aliphatic carbocycles. The number of hydrogen-bond acceptors (Lipinski definition) is 4. The Morgan fingerprint density at radius 2 is 2.29 bits per heavy atom. The zero-order valence-corrected chi connectivity index (χ0v) is 12.4. The van der Waals surface area contributed by atoms with Crippen LogP contribution in [-0.2, 0) is 13.6 Å². The number of nitrogens with two attached hydrogens (primary N) is 1. The van der Waals surface area contributed by atoms with E-state index in [0.717, 1.165) is 18.7 Å². The Bertz CT molecular complexity index is 680. The fourth-order valence-corrected chi connectivity index (χ4v) is 2.39. The largest absolute Gasteiger partial charge is 0.397 e. The maximum atomic E-state index is 12.8. The second-order valence-electron chi connectivity index (χ2n) is 5.21. The van der Waals surface area contributed by atoms with E-state index in [1.165, 1.54) is 12.3 Å². The number of nitrogen functional groups attached to an aromatic ring is 1. The summed E-state index contributed by atoms with van der Waals surface area (Å²) in [5.74, 6) is 0.719. The molecule has 0 atom stereocenters. The van der Waals surface area contributed by atoms with Crippen molar-refractivity contribution >= 4 is 23.2 Å². The molecular weight excluding hydrogens is 290 g/mol. The van der Waals surface area contributed by atoms with E-state index in [2.05, 4.69) is 9.97 Å². The van der Waals surface area contributed by atoms with E-state index in [-0.39, 0.29) is 17.1 Å². The van der Waals surface area contributed by atoms with Crippen molar-refractivity contribution in [1.82, 2.24) is 19.4 Å². The molecule has 0 aliphatic heterocycles. The van der Waals surface area contributed by atoms with Crippen LogP contribution in [0.25, 0.3) is 0 Å². The van der Waals surface area contributed by atoms with E-state index >= 15 is 0 Å². The molecule has 7 heteroatoms. The quantitative estimate of drug-likeness (QED) is 0.875. The average Bonchev–Trinajstić information content (AvgIpc) is 3.22. The van der Waals surface area contributed by atoms with Gasteiger partial charge in [0.05, 0.1) is 24.0 Å². The molecule has 0 spiro atoms. The van der Waals surface area contributed by atoms with E-state index in [1.807, 2.05) is 22.7 Å². The lowest BCUT2D eigenvalue weighted by atomic mass is 10.2. The monoisotopic (exact) mass is 305 g/mol. The third-order valence-corrected chi connectivity index (χ3v) is 3.82. The number of nitrogens with zero attached hydrogens (tertiary/aromatic N) is 4. The molecule has 2 heterocycles. The molecule has 2 N–H and O–H groups in total. The average molecular weight is 306 g/mol. The van der Waals surface area contributed by atoms with Gasteiger partial charge in [-0.15, -0.1) is 0 Å². The highest BCUT2D eigenvalue weighted by atomic mass is 35.5. The fourth-order valence-electron chi connectivity index (χ4n) is 2.23. The number of carbonyl (C=O) groups is 1. The smallest absolute Gasteiger partial charge is 0.256 e. The van der Waals surface area contributed by atoms with Gasteiger partial charge in [0, 0.05) is 25.5 Å². The number of hydrogen-bond donors (Lipinski definition) is 1. The number of amides is 1. The van der Waals surface area contributed by atoms with Crippen LogP contribution in [0.2, 0.25) is 5.15 Å². The van der Waals surface area contributed by atoms with Crippen LogP contribution in [0.4, 0.5) is 5.69 Å². The minimum Gasteiger partial charge on any atom is -0.397 e. The van der Waals surface area contributed by atoms with Crippen molar-refractivity contribution < 1.29 is 4.79 Å². The highest BCUT2D eigenvalue weighted by molar-refractivity contribution is 6.29. The normalized spacial score (nSPS) is 14.2. The SMILES string of the molecule is Cn1ccnc1CN(C(=O)c1cc(Cl)ncc1N)C1CC1. The molecule has 0 aromatic carbocycles. The Morgan fingerprint density at radius 3 is 2.90 bits per heavy atom. The lowest BCUT2D eigenvalue weighted by Crippen LogP contribution is -2.34. The molecule has 0 bridgehead atoms. The molecule has 0 saturated heterocycles. The molecule has 110 valence electrons. The molecule has 6 nitrogen and oxygen atoms in total. The van der Waals surface area contributed by atoms with Crippen molar-refractivity contribution in [3.05, 3.63) is 41.2 Å². The minimum atomic E-state index is -0.123. The molecule has 1 saturated carbocycles. The summed E-state index contributed by atoms with van der Waals surface area (Å²) in [6.07, 6.45) is 7.02. The van der Waals surface area contributed by atoms with Gasteiger partial charge in [-0.25, -0.2) is 9.97 Å². The van der Waals surface area contributed by atoms with Crippen LogP contribution in [0.15, 0.2) is 24.7 Å². The van der Waals surface area contributed by atoms with E-state index in [1.54, 1.807) is 6.20 Å². The van der Waals surface area contributed by atoms with Crippen molar-refractivity contribution in [2.75, 3.05) is 5.73 Å². The second kappa shape index (κ2) is 5.37. The molecule has 21 heavy (non-hydrogen) atoms. The Labute approximate surface area is 127 Å². The highest BCUT2D eigenvalue weighted by Gasteiger charge is 2.34. The first kappa shape index (κ1) is 13.9. The molecule has 1 fully saturated rings. The molecule has 1 aliphatic rings. The van der Waals surface area contributed by atoms with Crippen molar-refractivity contribution in [3.8, 4) is 0 Å². The van der Waals surface area contributed by atoms with Crippen LogP contribution in [0, 0.1) is 0 Å². The molecule has 0 unspecified atom stereocenters. The number of anilines is 1. The predicted octanol–water partition coefficient (Wildman–Crippen LogP) is 1.86. The second-order valence-corrected chi connectivity index (χ2v) is 5.60. The van der Waals surface area contributed by atoms with Gasteiger partial charge < -0.3 is 15.2 Å².